The average Bonchev–Trinajstić information content (AvgIpc) is 2.25. The Morgan fingerprint density at radius 3 is 2.40 bits per heavy atom. The highest BCUT2D eigenvalue weighted by Crippen LogP contribution is 2.40. The number of nitrogens with zero attached hydrogens (tertiary/aromatic N) is 1. The molecule has 0 fully saturated rings. The summed E-state index contributed by atoms with van der Waals surface area (Å²) in [6.07, 6.45) is 0. The molecule has 1 rings (SSSR count). The normalized spacial score (nSPS) is 11.2. The van der Waals surface area contributed by atoms with Crippen molar-refractivity contribution in [1.29, 1.82) is 5.26 Å². The second-order valence-corrected chi connectivity index (χ2v) is 4.33. The number of carboxylic acids is 1. The van der Waals surface area contributed by atoms with Gasteiger partial charge in [0.2, 0.25) is 0 Å². The third-order valence-electron chi connectivity index (χ3n) is 1.87. The van der Waals surface area contributed by atoms with Crippen molar-refractivity contribution in [2.45, 2.75) is 17.0 Å². The summed E-state index contributed by atoms with van der Waals surface area (Å²) in [5.74, 6) is -2.65. The summed E-state index contributed by atoms with van der Waals surface area (Å²) in [7, 11) is 0. The van der Waals surface area contributed by atoms with E-state index in [0.29, 0.717) is 12.1 Å². The number of hydrogen-bond acceptors (Lipinski definition) is 4. The highest BCUT2D eigenvalue weighted by atomic mass is 32.2. The van der Waals surface area contributed by atoms with Crippen molar-refractivity contribution in [3.05, 3.63) is 23.3 Å². The molecule has 1 aromatic carbocycles. The van der Waals surface area contributed by atoms with E-state index in [-0.39, 0.29) is 0 Å². The number of thioether (sulfide) groups is 1. The number of rotatable bonds is 4. The van der Waals surface area contributed by atoms with Crippen molar-refractivity contribution < 1.29 is 36.6 Å². The smallest absolute Gasteiger partial charge is 0.446 e. The Morgan fingerprint density at radius 1 is 1.40 bits per heavy atom. The quantitative estimate of drug-likeness (QED) is 0.681. The van der Waals surface area contributed by atoms with Gasteiger partial charge in [-0.2, -0.15) is 27.2 Å². The average molecular weight is 313 g/mol. The Morgan fingerprint density at radius 2 is 2.00 bits per heavy atom. The Kier molecular flexibility index (Phi) is 4.78. The minimum absolute atomic E-state index is 0.537. The van der Waals surface area contributed by atoms with Crippen molar-refractivity contribution in [2.24, 2.45) is 0 Å². The van der Waals surface area contributed by atoms with Crippen LogP contribution in [0.15, 0.2) is 17.0 Å². The van der Waals surface area contributed by atoms with E-state index in [0.717, 1.165) is 0 Å². The summed E-state index contributed by atoms with van der Waals surface area (Å²) in [6, 6.07) is 2.42. The molecule has 0 atom stereocenters. The van der Waals surface area contributed by atoms with Gasteiger partial charge in [-0.15, -0.1) is 0 Å². The zero-order valence-electron chi connectivity index (χ0n) is 9.24. The zero-order valence-corrected chi connectivity index (χ0v) is 10.1. The maximum atomic E-state index is 12.2. The number of halogens is 5. The van der Waals surface area contributed by atoms with Gasteiger partial charge < -0.3 is 9.84 Å². The Labute approximate surface area is 112 Å². The predicted molar refractivity (Wildman–Crippen MR) is 56.7 cm³/mol. The van der Waals surface area contributed by atoms with Crippen molar-refractivity contribution >= 4 is 17.7 Å². The van der Waals surface area contributed by atoms with Crippen LogP contribution in [0.2, 0.25) is 0 Å². The Balaban J connectivity index is 3.40. The van der Waals surface area contributed by atoms with Crippen LogP contribution in [0.1, 0.15) is 15.9 Å². The molecule has 0 aromatic heterocycles. The van der Waals surface area contributed by atoms with E-state index in [1.807, 2.05) is 0 Å². The van der Waals surface area contributed by atoms with Crippen LogP contribution >= 0.6 is 11.8 Å². The largest absolute Gasteiger partial charge is 0.478 e. The molecule has 0 amide bonds. The van der Waals surface area contributed by atoms with Gasteiger partial charge in [0.25, 0.3) is 0 Å². The van der Waals surface area contributed by atoms with Gasteiger partial charge >= 0.3 is 18.1 Å². The standard InChI is InChI=1S/C10H4F5NO3S/c11-9(12)19-7-2-4(20-10(13,14)15)1-5(8(17)18)6(7)3-16/h1-2,9H,(H,17,18). The van der Waals surface area contributed by atoms with Gasteiger partial charge in [0.05, 0.1) is 5.56 Å². The van der Waals surface area contributed by atoms with E-state index in [1.165, 1.54) is 6.07 Å². The van der Waals surface area contributed by atoms with Crippen LogP contribution in [-0.2, 0) is 0 Å². The molecule has 0 aliphatic heterocycles. The molecule has 20 heavy (non-hydrogen) atoms. The van der Waals surface area contributed by atoms with E-state index in [9.17, 15) is 26.7 Å². The number of nitriles is 1. The summed E-state index contributed by atoms with van der Waals surface area (Å²) >= 11 is -0.705. The second kappa shape index (κ2) is 5.96. The first-order valence-corrected chi connectivity index (χ1v) is 5.47. The Hall–Kier alpha value is -2.02. The minimum atomic E-state index is -4.74. The lowest BCUT2D eigenvalue weighted by atomic mass is 10.1. The van der Waals surface area contributed by atoms with Gasteiger partial charge in [0.1, 0.15) is 17.4 Å². The highest BCUT2D eigenvalue weighted by Gasteiger charge is 2.31. The lowest BCUT2D eigenvalue weighted by Gasteiger charge is -2.12. The third kappa shape index (κ3) is 4.27. The molecule has 0 saturated heterocycles. The van der Waals surface area contributed by atoms with E-state index in [2.05, 4.69) is 4.74 Å². The number of hydrogen-bond donors (Lipinski definition) is 1. The number of ether oxygens (including phenoxy) is 1. The molecule has 0 saturated carbocycles. The maximum absolute atomic E-state index is 12.2. The molecule has 108 valence electrons. The van der Waals surface area contributed by atoms with Crippen LogP contribution < -0.4 is 4.74 Å². The van der Waals surface area contributed by atoms with Crippen molar-refractivity contribution in [2.75, 3.05) is 0 Å². The lowest BCUT2D eigenvalue weighted by molar-refractivity contribution is -0.0502. The SMILES string of the molecule is N#Cc1c(OC(F)F)cc(SC(F)(F)F)cc1C(=O)O. The number of carbonyl (C=O) groups is 1. The molecule has 0 heterocycles. The van der Waals surface area contributed by atoms with Gasteiger partial charge in [-0.1, -0.05) is 0 Å². The fourth-order valence-electron chi connectivity index (χ4n) is 1.26. The minimum Gasteiger partial charge on any atom is -0.478 e. The first kappa shape index (κ1) is 16.0. The Bertz CT molecular complexity index is 567. The zero-order chi connectivity index (χ0) is 15.5. The van der Waals surface area contributed by atoms with Crippen LogP contribution in [0.4, 0.5) is 22.0 Å². The van der Waals surface area contributed by atoms with Crippen LogP contribution in [0, 0.1) is 11.3 Å². The molecule has 0 unspecified atom stereocenters. The molecule has 4 nitrogen and oxygen atoms in total. The monoisotopic (exact) mass is 313 g/mol. The fraction of sp³-hybridized carbons (Fsp3) is 0.200. The van der Waals surface area contributed by atoms with Crippen LogP contribution in [0.5, 0.6) is 5.75 Å². The first-order chi connectivity index (χ1) is 9.14. The first-order valence-electron chi connectivity index (χ1n) is 4.66. The molecular weight excluding hydrogens is 309 g/mol. The number of benzene rings is 1. The maximum Gasteiger partial charge on any atom is 0.446 e. The van der Waals surface area contributed by atoms with Gasteiger partial charge in [-0.05, 0) is 23.9 Å². The third-order valence-corrected chi connectivity index (χ3v) is 2.57. The summed E-state index contributed by atoms with van der Waals surface area (Å²) in [6.45, 7) is -3.41. The van der Waals surface area contributed by atoms with Crippen molar-refractivity contribution in [3.63, 3.8) is 0 Å². The van der Waals surface area contributed by atoms with E-state index >= 15 is 0 Å². The topological polar surface area (TPSA) is 70.3 Å². The van der Waals surface area contributed by atoms with E-state index < -0.39 is 51.6 Å². The fourth-order valence-corrected chi connectivity index (χ4v) is 1.87. The van der Waals surface area contributed by atoms with Crippen LogP contribution in [0.25, 0.3) is 0 Å². The summed E-state index contributed by atoms with van der Waals surface area (Å²) in [4.78, 5) is 10.2. The summed E-state index contributed by atoms with van der Waals surface area (Å²) in [5.41, 5.74) is -6.37. The van der Waals surface area contributed by atoms with Crippen molar-refractivity contribution in [3.8, 4) is 11.8 Å². The molecular formula is C10H4F5NO3S. The van der Waals surface area contributed by atoms with E-state index in [1.54, 1.807) is 0 Å². The summed E-state index contributed by atoms with van der Waals surface area (Å²) in [5, 5.41) is 17.5. The molecule has 0 aliphatic carbocycles. The van der Waals surface area contributed by atoms with Crippen LogP contribution in [-0.4, -0.2) is 23.2 Å². The van der Waals surface area contributed by atoms with Crippen LogP contribution in [0.3, 0.4) is 0 Å². The van der Waals surface area contributed by atoms with E-state index in [4.69, 9.17) is 10.4 Å². The van der Waals surface area contributed by atoms with Crippen molar-refractivity contribution in [1.82, 2.24) is 0 Å². The van der Waals surface area contributed by atoms with Gasteiger partial charge in [0, 0.05) is 4.90 Å². The predicted octanol–water partition coefficient (Wildman–Crippen LogP) is 3.47. The van der Waals surface area contributed by atoms with Gasteiger partial charge in [0.15, 0.2) is 0 Å². The molecule has 1 aromatic rings. The summed E-state index contributed by atoms with van der Waals surface area (Å²) < 4.78 is 64.8. The van der Waals surface area contributed by atoms with Gasteiger partial charge in [-0.25, -0.2) is 4.79 Å². The molecule has 1 N–H and O–H groups in total. The molecule has 10 heteroatoms. The number of carboxylic acid groups (broad SMARTS) is 1. The molecule has 0 radical (unpaired) electrons. The van der Waals surface area contributed by atoms with Gasteiger partial charge in [-0.3, -0.25) is 0 Å². The molecule has 0 spiro atoms. The number of aromatic carboxylic acids is 1. The molecule has 0 aliphatic rings. The molecule has 0 bridgehead atoms. The number of alkyl halides is 5. The second-order valence-electron chi connectivity index (χ2n) is 3.19. The lowest BCUT2D eigenvalue weighted by Crippen LogP contribution is -2.09. The highest BCUT2D eigenvalue weighted by molar-refractivity contribution is 8.00.